The van der Waals surface area contributed by atoms with Crippen LogP contribution in [0.5, 0.6) is 11.5 Å². The molecule has 0 bridgehead atoms. The predicted molar refractivity (Wildman–Crippen MR) is 102 cm³/mol. The summed E-state index contributed by atoms with van der Waals surface area (Å²) in [6.07, 6.45) is 6.43. The molecule has 0 saturated heterocycles. The van der Waals surface area contributed by atoms with Crippen LogP contribution in [0.4, 0.5) is 5.69 Å². The molecular formula is C21H22ClNO3. The zero-order chi connectivity index (χ0) is 18.0. The summed E-state index contributed by atoms with van der Waals surface area (Å²) in [4.78, 5) is 12.2. The first-order chi connectivity index (χ1) is 12.6. The molecule has 1 fully saturated rings. The third-order valence-corrected chi connectivity index (χ3v) is 5.24. The molecule has 1 saturated carbocycles. The molecule has 0 radical (unpaired) electrons. The Kier molecular flexibility index (Phi) is 4.77. The lowest BCUT2D eigenvalue weighted by Crippen LogP contribution is -2.40. The molecule has 4 nitrogen and oxygen atoms in total. The van der Waals surface area contributed by atoms with Crippen LogP contribution < -0.4 is 14.8 Å². The summed E-state index contributed by atoms with van der Waals surface area (Å²) in [5, 5.41) is 3.65. The van der Waals surface area contributed by atoms with E-state index in [9.17, 15) is 4.79 Å². The van der Waals surface area contributed by atoms with Crippen LogP contribution in [-0.4, -0.2) is 11.7 Å². The quantitative estimate of drug-likeness (QED) is 0.788. The summed E-state index contributed by atoms with van der Waals surface area (Å²) >= 11 is 5.88. The zero-order valence-electron chi connectivity index (χ0n) is 14.6. The summed E-state index contributed by atoms with van der Waals surface area (Å²) in [5.74, 6) is 0.984. The smallest absolute Gasteiger partial charge is 0.251 e. The van der Waals surface area contributed by atoms with Gasteiger partial charge in [-0.3, -0.25) is 4.79 Å². The topological polar surface area (TPSA) is 47.6 Å². The van der Waals surface area contributed by atoms with E-state index in [1.807, 2.05) is 42.5 Å². The number of rotatable bonds is 4. The highest BCUT2D eigenvalue weighted by atomic mass is 35.5. The minimum Gasteiger partial charge on any atom is -0.448 e. The number of nitrogens with one attached hydrogen (secondary N) is 1. The number of hydrogen-bond acceptors (Lipinski definition) is 3. The van der Waals surface area contributed by atoms with E-state index in [1.54, 1.807) is 0 Å². The van der Waals surface area contributed by atoms with Crippen molar-refractivity contribution in [3.63, 3.8) is 0 Å². The second-order valence-electron chi connectivity index (χ2n) is 7.01. The molecule has 1 aliphatic carbocycles. The summed E-state index contributed by atoms with van der Waals surface area (Å²) in [6, 6.07) is 13.2. The van der Waals surface area contributed by atoms with Gasteiger partial charge in [0.15, 0.2) is 11.5 Å². The van der Waals surface area contributed by atoms with Crippen molar-refractivity contribution in [1.82, 2.24) is 0 Å². The Morgan fingerprint density at radius 1 is 1.00 bits per heavy atom. The van der Waals surface area contributed by atoms with Gasteiger partial charge in [-0.1, -0.05) is 30.2 Å². The summed E-state index contributed by atoms with van der Waals surface area (Å²) in [6.45, 7) is 0. The molecule has 1 aliphatic heterocycles. The van der Waals surface area contributed by atoms with Gasteiger partial charge >= 0.3 is 0 Å². The van der Waals surface area contributed by atoms with Gasteiger partial charge in [-0.05, 0) is 49.1 Å². The van der Waals surface area contributed by atoms with Gasteiger partial charge < -0.3 is 14.8 Å². The lowest BCUT2D eigenvalue weighted by Gasteiger charge is -2.31. The van der Waals surface area contributed by atoms with Crippen molar-refractivity contribution in [3.05, 3.63) is 53.1 Å². The number of carbonyl (C=O) groups excluding carboxylic acids is 1. The molecule has 2 aliphatic rings. The number of benzene rings is 2. The number of halogens is 1. The minimum atomic E-state index is -0.488. The van der Waals surface area contributed by atoms with Crippen LogP contribution in [0.25, 0.3) is 0 Å². The monoisotopic (exact) mass is 371 g/mol. The summed E-state index contributed by atoms with van der Waals surface area (Å²) < 4.78 is 12.2. The fourth-order valence-corrected chi connectivity index (χ4v) is 3.72. The highest BCUT2D eigenvalue weighted by molar-refractivity contribution is 6.30. The highest BCUT2D eigenvalue weighted by Gasteiger charge is 2.42. The molecule has 26 heavy (non-hydrogen) atoms. The molecule has 0 aromatic heterocycles. The molecular weight excluding hydrogens is 350 g/mol. The van der Waals surface area contributed by atoms with Crippen molar-refractivity contribution >= 4 is 23.2 Å². The van der Waals surface area contributed by atoms with Crippen LogP contribution in [0.15, 0.2) is 42.5 Å². The van der Waals surface area contributed by atoms with Crippen LogP contribution in [0.1, 0.15) is 44.1 Å². The Morgan fingerprint density at radius 2 is 1.73 bits per heavy atom. The Balaban J connectivity index is 1.35. The molecule has 1 amide bonds. The van der Waals surface area contributed by atoms with Gasteiger partial charge in [0.05, 0.1) is 0 Å². The zero-order valence-corrected chi connectivity index (χ0v) is 15.3. The van der Waals surface area contributed by atoms with E-state index in [1.165, 1.54) is 6.42 Å². The van der Waals surface area contributed by atoms with E-state index in [0.717, 1.165) is 48.4 Å². The molecule has 2 aromatic carbocycles. The van der Waals surface area contributed by atoms with Crippen molar-refractivity contribution < 1.29 is 14.3 Å². The number of amides is 1. The first-order valence-corrected chi connectivity index (χ1v) is 9.56. The van der Waals surface area contributed by atoms with Crippen LogP contribution in [0.3, 0.4) is 0 Å². The number of hydrogen-bond donors (Lipinski definition) is 1. The van der Waals surface area contributed by atoms with Crippen molar-refractivity contribution in [2.24, 2.45) is 0 Å². The van der Waals surface area contributed by atoms with Gasteiger partial charge in [-0.25, -0.2) is 0 Å². The van der Waals surface area contributed by atoms with Crippen molar-refractivity contribution in [3.8, 4) is 11.5 Å². The second kappa shape index (κ2) is 7.20. The third kappa shape index (κ3) is 3.80. The average Bonchev–Trinajstić information content (AvgIpc) is 2.98. The molecule has 0 atom stereocenters. The molecule has 1 spiro atoms. The molecule has 1 heterocycles. The fraction of sp³-hybridized carbons (Fsp3) is 0.381. The maximum atomic E-state index is 12.2. The number of anilines is 1. The minimum absolute atomic E-state index is 0.0220. The summed E-state index contributed by atoms with van der Waals surface area (Å²) in [5.41, 5.74) is 1.83. The van der Waals surface area contributed by atoms with Crippen LogP contribution in [0, 0.1) is 0 Å². The van der Waals surface area contributed by atoms with Gasteiger partial charge in [0.25, 0.3) is 5.79 Å². The number of ether oxygens (including phenoxy) is 2. The van der Waals surface area contributed by atoms with Crippen molar-refractivity contribution in [2.45, 2.75) is 50.7 Å². The van der Waals surface area contributed by atoms with Crippen LogP contribution >= 0.6 is 11.6 Å². The Morgan fingerprint density at radius 3 is 2.50 bits per heavy atom. The summed E-state index contributed by atoms with van der Waals surface area (Å²) in [7, 11) is 0. The number of fused-ring (bicyclic) bond motifs is 1. The van der Waals surface area contributed by atoms with Crippen molar-refractivity contribution in [2.75, 3.05) is 5.32 Å². The average molecular weight is 372 g/mol. The van der Waals surface area contributed by atoms with Gasteiger partial charge in [0.2, 0.25) is 5.91 Å². The lowest BCUT2D eigenvalue weighted by molar-refractivity contribution is -0.116. The third-order valence-electron chi connectivity index (χ3n) is 4.99. The van der Waals surface area contributed by atoms with E-state index in [4.69, 9.17) is 21.1 Å². The standard InChI is InChI=1S/C21H22ClNO3/c22-16-7-4-15(5-8-16)6-11-20(24)23-17-9-10-18-19(14-17)26-21(25-18)12-2-1-3-13-21/h4-5,7-10,14H,1-3,6,11-13H2,(H,23,24). The van der Waals surface area contributed by atoms with Crippen LogP contribution in [0.2, 0.25) is 5.02 Å². The van der Waals surface area contributed by atoms with E-state index >= 15 is 0 Å². The molecule has 136 valence electrons. The highest BCUT2D eigenvalue weighted by Crippen LogP contribution is 2.46. The number of carbonyl (C=O) groups is 1. The Labute approximate surface area is 158 Å². The maximum absolute atomic E-state index is 12.2. The van der Waals surface area contributed by atoms with E-state index in [-0.39, 0.29) is 5.91 Å². The van der Waals surface area contributed by atoms with Gasteiger partial charge in [0, 0.05) is 36.0 Å². The fourth-order valence-electron chi connectivity index (χ4n) is 3.60. The predicted octanol–water partition coefficient (Wildman–Crippen LogP) is 5.34. The maximum Gasteiger partial charge on any atom is 0.251 e. The Hall–Kier alpha value is -2.20. The molecule has 2 aromatic rings. The Bertz CT molecular complexity index is 797. The van der Waals surface area contributed by atoms with Gasteiger partial charge in [0.1, 0.15) is 0 Å². The van der Waals surface area contributed by atoms with Crippen LogP contribution in [-0.2, 0) is 11.2 Å². The molecule has 4 rings (SSSR count). The first kappa shape index (κ1) is 17.2. The van der Waals surface area contributed by atoms with Gasteiger partial charge in [-0.15, -0.1) is 0 Å². The van der Waals surface area contributed by atoms with E-state index in [2.05, 4.69) is 5.32 Å². The van der Waals surface area contributed by atoms with Gasteiger partial charge in [-0.2, -0.15) is 0 Å². The van der Waals surface area contributed by atoms with E-state index in [0.29, 0.717) is 17.9 Å². The number of aryl methyl sites for hydroxylation is 1. The second-order valence-corrected chi connectivity index (χ2v) is 7.45. The lowest BCUT2D eigenvalue weighted by atomic mass is 9.94. The normalized spacial score (nSPS) is 17.3. The molecule has 1 N–H and O–H groups in total. The SMILES string of the molecule is O=C(CCc1ccc(Cl)cc1)Nc1ccc2c(c1)OC1(CCCCC1)O2. The molecule has 0 unspecified atom stereocenters. The molecule has 5 heteroatoms. The largest absolute Gasteiger partial charge is 0.448 e. The first-order valence-electron chi connectivity index (χ1n) is 9.18. The van der Waals surface area contributed by atoms with Crippen molar-refractivity contribution in [1.29, 1.82) is 0 Å². The van der Waals surface area contributed by atoms with E-state index < -0.39 is 5.79 Å².